The van der Waals surface area contributed by atoms with Crippen LogP contribution in [0.15, 0.2) is 60.7 Å². The van der Waals surface area contributed by atoms with E-state index in [1.165, 1.54) is 25.7 Å². The average molecular weight is 531 g/mol. The number of hydrogen-bond donors (Lipinski definition) is 0. The van der Waals surface area contributed by atoms with E-state index in [2.05, 4.69) is 10.6 Å². The molecule has 0 unspecified atom stereocenters. The Morgan fingerprint density at radius 2 is 0.967 bits per heavy atom. The second-order valence-electron chi connectivity index (χ2n) is 6.50. The molecule has 30 heavy (non-hydrogen) atoms. The average Bonchev–Trinajstić information content (AvgIpc) is 3.55. The Kier molecular flexibility index (Phi) is 19.8. The van der Waals surface area contributed by atoms with Crippen molar-refractivity contribution in [1.82, 2.24) is 0 Å². The molecule has 2 heterocycles. The summed E-state index contributed by atoms with van der Waals surface area (Å²) in [5.74, 6) is 0. The SMILES string of the molecule is C1CCOC1.C1CCOC1.[Cl][Zr+2][Cl].c1ccc([N-]CCC[N-]c2ccccc2)cc1. The molecule has 2 aromatic rings. The monoisotopic (exact) mass is 528 g/mol. The first-order chi connectivity index (χ1) is 14.9. The Morgan fingerprint density at radius 1 is 0.633 bits per heavy atom. The van der Waals surface area contributed by atoms with Crippen LogP contribution in [0.2, 0.25) is 0 Å². The van der Waals surface area contributed by atoms with Gasteiger partial charge in [0.1, 0.15) is 0 Å². The van der Waals surface area contributed by atoms with E-state index >= 15 is 0 Å². The summed E-state index contributed by atoms with van der Waals surface area (Å²) >= 11 is -0.826. The quantitative estimate of drug-likeness (QED) is 0.358. The van der Waals surface area contributed by atoms with Crippen LogP contribution < -0.4 is 0 Å². The maximum Gasteiger partial charge on any atom is -0.0624 e. The number of nitrogens with zero attached hydrogens (tertiary/aromatic N) is 2. The van der Waals surface area contributed by atoms with Crippen molar-refractivity contribution >= 4 is 28.4 Å². The third-order valence-corrected chi connectivity index (χ3v) is 4.07. The van der Waals surface area contributed by atoms with Crippen molar-refractivity contribution in [2.75, 3.05) is 39.5 Å². The van der Waals surface area contributed by atoms with Crippen LogP contribution in [0.25, 0.3) is 10.6 Å². The number of rotatable bonds is 6. The normalized spacial score (nSPS) is 13.9. The molecular weight excluding hydrogens is 498 g/mol. The van der Waals surface area contributed by atoms with Gasteiger partial charge in [-0.1, -0.05) is 67.1 Å². The summed E-state index contributed by atoms with van der Waals surface area (Å²) in [6.07, 6.45) is 6.10. The van der Waals surface area contributed by atoms with Crippen LogP contribution in [0.3, 0.4) is 0 Å². The molecule has 0 aromatic heterocycles. The molecule has 0 spiro atoms. The predicted octanol–water partition coefficient (Wildman–Crippen LogP) is 7.76. The van der Waals surface area contributed by atoms with Crippen molar-refractivity contribution in [3.05, 3.63) is 71.3 Å². The fourth-order valence-electron chi connectivity index (χ4n) is 2.57. The Bertz CT molecular complexity index is 520. The van der Waals surface area contributed by atoms with Crippen molar-refractivity contribution < 1.29 is 30.3 Å². The van der Waals surface area contributed by atoms with Gasteiger partial charge in [0.15, 0.2) is 0 Å². The van der Waals surface area contributed by atoms with Crippen LogP contribution in [0.1, 0.15) is 32.1 Å². The Balaban J connectivity index is 0.000000279. The zero-order chi connectivity index (χ0) is 21.5. The molecule has 7 heteroatoms. The van der Waals surface area contributed by atoms with E-state index in [0.29, 0.717) is 0 Å². The van der Waals surface area contributed by atoms with E-state index in [1.807, 2.05) is 60.7 Å². The van der Waals surface area contributed by atoms with E-state index in [0.717, 1.165) is 57.3 Å². The predicted molar refractivity (Wildman–Crippen MR) is 125 cm³/mol. The summed E-state index contributed by atoms with van der Waals surface area (Å²) in [6.45, 7) is 5.67. The zero-order valence-corrected chi connectivity index (χ0v) is 21.5. The third kappa shape index (κ3) is 17.1. The Hall–Kier alpha value is -0.577. The molecule has 0 saturated carbocycles. The van der Waals surface area contributed by atoms with Crippen molar-refractivity contribution in [3.8, 4) is 0 Å². The molecule has 0 radical (unpaired) electrons. The van der Waals surface area contributed by atoms with Gasteiger partial charge in [-0.2, -0.15) is 0 Å². The molecule has 2 aromatic carbocycles. The molecule has 0 aliphatic carbocycles. The van der Waals surface area contributed by atoms with Crippen LogP contribution in [0, 0.1) is 0 Å². The molecule has 164 valence electrons. The van der Waals surface area contributed by atoms with Crippen LogP contribution >= 0.6 is 17.0 Å². The van der Waals surface area contributed by atoms with Gasteiger partial charge in [-0.3, -0.25) is 0 Å². The fourth-order valence-corrected chi connectivity index (χ4v) is 2.57. The third-order valence-electron chi connectivity index (χ3n) is 4.07. The number of para-hydroxylation sites is 2. The fraction of sp³-hybridized carbons (Fsp3) is 0.478. The van der Waals surface area contributed by atoms with Gasteiger partial charge >= 0.3 is 37.9 Å². The molecule has 2 aliphatic rings. The zero-order valence-electron chi connectivity index (χ0n) is 17.5. The molecule has 4 nitrogen and oxygen atoms in total. The first-order valence-corrected chi connectivity index (χ1v) is 16.8. The number of halogens is 2. The summed E-state index contributed by atoms with van der Waals surface area (Å²) in [4.78, 5) is 0. The molecule has 2 saturated heterocycles. The van der Waals surface area contributed by atoms with Crippen LogP contribution in [0.5, 0.6) is 0 Å². The maximum atomic E-state index is 4.94. The minimum atomic E-state index is -0.826. The second kappa shape index (κ2) is 21.6. The minimum Gasteiger partial charge on any atom is -0.684 e. The first-order valence-electron chi connectivity index (χ1n) is 10.4. The smallest absolute Gasteiger partial charge is 0.0624 e. The van der Waals surface area contributed by atoms with Gasteiger partial charge in [0.25, 0.3) is 0 Å². The summed E-state index contributed by atoms with van der Waals surface area (Å²) in [5, 5.41) is 8.95. The molecule has 2 fully saturated rings. The summed E-state index contributed by atoms with van der Waals surface area (Å²) in [7, 11) is 9.87. The molecule has 0 amide bonds. The van der Waals surface area contributed by atoms with E-state index in [9.17, 15) is 0 Å². The van der Waals surface area contributed by atoms with Crippen LogP contribution in [-0.2, 0) is 30.3 Å². The van der Waals surface area contributed by atoms with Gasteiger partial charge in [-0.15, -0.1) is 24.5 Å². The van der Waals surface area contributed by atoms with Crippen LogP contribution in [0.4, 0.5) is 11.4 Å². The van der Waals surface area contributed by atoms with Crippen molar-refractivity contribution in [2.45, 2.75) is 32.1 Å². The number of ether oxygens (including phenoxy) is 2. The summed E-state index contributed by atoms with van der Waals surface area (Å²) in [6, 6.07) is 20.1. The summed E-state index contributed by atoms with van der Waals surface area (Å²) in [5.41, 5.74) is 2.10. The van der Waals surface area contributed by atoms with Crippen molar-refractivity contribution in [2.24, 2.45) is 0 Å². The van der Waals surface area contributed by atoms with Gasteiger partial charge in [-0.25, -0.2) is 0 Å². The maximum absolute atomic E-state index is 4.94. The molecule has 0 atom stereocenters. The Labute approximate surface area is 200 Å². The first kappa shape index (κ1) is 27.5. The number of hydrogen-bond acceptors (Lipinski definition) is 2. The van der Waals surface area contributed by atoms with Gasteiger partial charge in [0.05, 0.1) is 0 Å². The van der Waals surface area contributed by atoms with E-state index in [-0.39, 0.29) is 0 Å². The second-order valence-corrected chi connectivity index (χ2v) is 10.2. The van der Waals surface area contributed by atoms with Crippen LogP contribution in [-0.4, -0.2) is 39.5 Å². The van der Waals surface area contributed by atoms with Crippen molar-refractivity contribution in [1.29, 1.82) is 0 Å². The standard InChI is InChI=1S/C15H16N2.2C4H8O.2ClH.Zr/c1-3-8-14(9-4-1)16-12-7-13-17-15-10-5-2-6-11-15;2*1-2-4-5-3-1;;;/h1-6,8-11H,7,12-13H2;2*1-4H2;2*1H;/q-2;;;;;+4/p-2. The van der Waals surface area contributed by atoms with Crippen molar-refractivity contribution in [3.63, 3.8) is 0 Å². The van der Waals surface area contributed by atoms with E-state index < -0.39 is 20.8 Å². The molecule has 0 N–H and O–H groups in total. The number of benzene rings is 2. The minimum absolute atomic E-state index is 0.826. The van der Waals surface area contributed by atoms with Gasteiger partial charge in [0, 0.05) is 26.4 Å². The Morgan fingerprint density at radius 3 is 1.23 bits per heavy atom. The molecular formula is C23H32Cl2N2O2Zr. The molecule has 4 rings (SSSR count). The summed E-state index contributed by atoms with van der Waals surface area (Å²) < 4.78 is 9.89. The topological polar surface area (TPSA) is 46.7 Å². The van der Waals surface area contributed by atoms with Gasteiger partial charge in [-0.05, 0) is 25.7 Å². The molecule has 2 aliphatic heterocycles. The molecule has 0 bridgehead atoms. The van der Waals surface area contributed by atoms with E-state index in [1.54, 1.807) is 0 Å². The van der Waals surface area contributed by atoms with E-state index in [4.69, 9.17) is 26.5 Å². The van der Waals surface area contributed by atoms with Gasteiger partial charge in [0.2, 0.25) is 0 Å². The largest absolute Gasteiger partial charge is 0.684 e. The van der Waals surface area contributed by atoms with Gasteiger partial charge < -0.3 is 20.1 Å².